The van der Waals surface area contributed by atoms with Crippen molar-refractivity contribution >= 4 is 22.7 Å². The Balaban J connectivity index is 2.78. The van der Waals surface area contributed by atoms with Gasteiger partial charge in [0.25, 0.3) is 5.69 Å². The largest absolute Gasteiger partial charge is 0.414 e. The molecule has 1 aromatic carbocycles. The summed E-state index contributed by atoms with van der Waals surface area (Å²) in [5, 5.41) is 0. The molecule has 0 heterocycles. The van der Waals surface area contributed by atoms with E-state index < -0.39 is 5.43 Å². The SMILES string of the molecule is CC[N+](=O)c1ccc(OC(=O)Cl)cc1. The normalized spacial score (nSPS) is 9.57. The third-order valence-corrected chi connectivity index (χ3v) is 1.69. The molecular formula is C9H9ClNO3+. The van der Waals surface area contributed by atoms with Gasteiger partial charge in [-0.3, -0.25) is 0 Å². The first-order chi connectivity index (χ1) is 6.63. The summed E-state index contributed by atoms with van der Waals surface area (Å²) < 4.78 is 5.41. The van der Waals surface area contributed by atoms with E-state index in [1.165, 1.54) is 12.1 Å². The highest BCUT2D eigenvalue weighted by atomic mass is 35.5. The van der Waals surface area contributed by atoms with Crippen molar-refractivity contribution in [1.29, 1.82) is 0 Å². The van der Waals surface area contributed by atoms with Gasteiger partial charge < -0.3 is 4.74 Å². The van der Waals surface area contributed by atoms with Gasteiger partial charge in [0.2, 0.25) is 0 Å². The van der Waals surface area contributed by atoms with Gasteiger partial charge in [-0.2, -0.15) is 0 Å². The molecule has 0 aliphatic heterocycles. The van der Waals surface area contributed by atoms with Crippen LogP contribution in [0.15, 0.2) is 24.3 Å². The van der Waals surface area contributed by atoms with Crippen molar-refractivity contribution in [3.8, 4) is 5.75 Å². The van der Waals surface area contributed by atoms with Gasteiger partial charge in [0, 0.05) is 33.4 Å². The molecule has 0 radical (unpaired) electrons. The minimum Gasteiger partial charge on any atom is -0.414 e. The molecule has 0 spiro atoms. The Kier molecular flexibility index (Phi) is 3.59. The highest BCUT2D eigenvalue weighted by Crippen LogP contribution is 2.18. The third kappa shape index (κ3) is 2.81. The summed E-state index contributed by atoms with van der Waals surface area (Å²) in [5.74, 6) is 0.318. The topological polar surface area (TPSA) is 46.4 Å². The van der Waals surface area contributed by atoms with Crippen molar-refractivity contribution in [2.75, 3.05) is 6.54 Å². The monoisotopic (exact) mass is 214 g/mol. The fourth-order valence-electron chi connectivity index (χ4n) is 0.956. The number of nitroso groups, excluding NO2 is 1. The number of rotatable bonds is 3. The molecule has 0 aliphatic carbocycles. The van der Waals surface area contributed by atoms with Gasteiger partial charge in [-0.15, -0.1) is 0 Å². The minimum absolute atomic E-state index is 0.318. The van der Waals surface area contributed by atoms with Crippen LogP contribution < -0.4 is 4.74 Å². The number of hydrogen-bond acceptors (Lipinski definition) is 3. The highest BCUT2D eigenvalue weighted by Gasteiger charge is 2.10. The molecule has 0 saturated heterocycles. The quantitative estimate of drug-likeness (QED) is 0.574. The second-order valence-electron chi connectivity index (χ2n) is 2.53. The molecule has 74 valence electrons. The van der Waals surface area contributed by atoms with Crippen LogP contribution in [-0.2, 0) is 0 Å². The molecule has 0 bridgehead atoms. The van der Waals surface area contributed by atoms with E-state index in [-0.39, 0.29) is 0 Å². The lowest BCUT2D eigenvalue weighted by Gasteiger charge is -1.97. The molecule has 0 unspecified atom stereocenters. The molecule has 0 aromatic heterocycles. The summed E-state index contributed by atoms with van der Waals surface area (Å²) >= 11 is 5.01. The molecule has 4 nitrogen and oxygen atoms in total. The van der Waals surface area contributed by atoms with Crippen LogP contribution in [0.5, 0.6) is 5.75 Å². The summed E-state index contributed by atoms with van der Waals surface area (Å²) in [4.78, 5) is 21.5. The van der Waals surface area contributed by atoms with Crippen LogP contribution in [-0.4, -0.2) is 16.7 Å². The average molecular weight is 215 g/mol. The Morgan fingerprint density at radius 1 is 1.43 bits per heavy atom. The van der Waals surface area contributed by atoms with Crippen molar-refractivity contribution < 1.29 is 14.3 Å². The average Bonchev–Trinajstić information content (AvgIpc) is 2.17. The van der Waals surface area contributed by atoms with Crippen LogP contribution in [0.3, 0.4) is 0 Å². The van der Waals surface area contributed by atoms with Crippen LogP contribution >= 0.6 is 11.6 Å². The van der Waals surface area contributed by atoms with E-state index >= 15 is 0 Å². The highest BCUT2D eigenvalue weighted by molar-refractivity contribution is 6.61. The number of hydrogen-bond donors (Lipinski definition) is 0. The summed E-state index contributed by atoms with van der Waals surface area (Å²) in [7, 11) is 0. The van der Waals surface area contributed by atoms with Crippen LogP contribution in [0.25, 0.3) is 0 Å². The van der Waals surface area contributed by atoms with E-state index in [0.717, 1.165) is 4.76 Å². The van der Waals surface area contributed by atoms with Crippen molar-refractivity contribution in [3.63, 3.8) is 0 Å². The number of nitrogens with zero attached hydrogens (tertiary/aromatic N) is 1. The molecule has 1 aromatic rings. The fraction of sp³-hybridized carbons (Fsp3) is 0.222. The maximum atomic E-state index is 11.1. The lowest BCUT2D eigenvalue weighted by molar-refractivity contribution is -0.458. The Hall–Kier alpha value is -1.42. The molecule has 0 aliphatic rings. The summed E-state index contributed by atoms with van der Waals surface area (Å²) in [5.41, 5.74) is -0.380. The Morgan fingerprint density at radius 2 is 2.00 bits per heavy atom. The minimum atomic E-state index is -0.896. The van der Waals surface area contributed by atoms with Crippen molar-refractivity contribution in [2.45, 2.75) is 6.92 Å². The lowest BCUT2D eigenvalue weighted by atomic mass is 10.3. The van der Waals surface area contributed by atoms with Crippen LogP contribution in [0, 0.1) is 4.91 Å². The first-order valence-electron chi connectivity index (χ1n) is 4.05. The first-order valence-corrected chi connectivity index (χ1v) is 4.43. The zero-order chi connectivity index (χ0) is 10.6. The number of benzene rings is 1. The smallest absolute Gasteiger partial charge is 0.409 e. The van der Waals surface area contributed by atoms with Crippen molar-refractivity contribution in [1.82, 2.24) is 0 Å². The van der Waals surface area contributed by atoms with Crippen LogP contribution in [0.1, 0.15) is 6.92 Å². The van der Waals surface area contributed by atoms with Gasteiger partial charge in [-0.05, 0) is 19.1 Å². The van der Waals surface area contributed by atoms with Crippen LogP contribution in [0.2, 0.25) is 0 Å². The second-order valence-corrected chi connectivity index (χ2v) is 2.84. The van der Waals surface area contributed by atoms with Crippen molar-refractivity contribution in [3.05, 3.63) is 29.2 Å². The number of halogens is 1. The van der Waals surface area contributed by atoms with Gasteiger partial charge >= 0.3 is 5.43 Å². The van der Waals surface area contributed by atoms with E-state index in [4.69, 9.17) is 11.6 Å². The molecule has 0 fully saturated rings. The predicted molar refractivity (Wildman–Crippen MR) is 52.1 cm³/mol. The molecular weight excluding hydrogens is 206 g/mol. The third-order valence-electron chi connectivity index (χ3n) is 1.61. The lowest BCUT2D eigenvalue weighted by Crippen LogP contribution is -1.99. The molecule has 5 heteroatoms. The number of carbonyl (C=O) groups is 1. The van der Waals surface area contributed by atoms with E-state index in [2.05, 4.69) is 4.74 Å². The van der Waals surface area contributed by atoms with Gasteiger partial charge in [-0.1, -0.05) is 0 Å². The number of ether oxygens (including phenoxy) is 1. The van der Waals surface area contributed by atoms with E-state index in [1.54, 1.807) is 19.1 Å². The van der Waals surface area contributed by atoms with E-state index in [9.17, 15) is 9.70 Å². The predicted octanol–water partition coefficient (Wildman–Crippen LogP) is 2.85. The molecule has 1 rings (SSSR count). The maximum Gasteiger partial charge on any atom is 0.409 e. The summed E-state index contributed by atoms with van der Waals surface area (Å²) in [6, 6.07) is 6.14. The number of carbonyl (C=O) groups excluding carboxylic acids is 1. The maximum absolute atomic E-state index is 11.1. The molecule has 0 saturated carbocycles. The zero-order valence-electron chi connectivity index (χ0n) is 7.57. The van der Waals surface area contributed by atoms with Gasteiger partial charge in [0.15, 0.2) is 6.54 Å². The Morgan fingerprint density at radius 3 is 2.43 bits per heavy atom. The van der Waals surface area contributed by atoms with E-state index in [0.29, 0.717) is 18.0 Å². The van der Waals surface area contributed by atoms with Gasteiger partial charge in [0.05, 0.1) is 0 Å². The molecule has 14 heavy (non-hydrogen) atoms. The fourth-order valence-corrected chi connectivity index (χ4v) is 1.04. The summed E-state index contributed by atoms with van der Waals surface area (Å²) in [6.07, 6.45) is 0. The molecule has 0 amide bonds. The molecule has 0 N–H and O–H groups in total. The summed E-state index contributed by atoms with van der Waals surface area (Å²) in [6.45, 7) is 2.12. The molecule has 0 atom stereocenters. The first kappa shape index (κ1) is 10.7. The van der Waals surface area contributed by atoms with Gasteiger partial charge in [-0.25, -0.2) is 4.79 Å². The van der Waals surface area contributed by atoms with Gasteiger partial charge in [0.1, 0.15) is 5.75 Å². The zero-order valence-corrected chi connectivity index (χ0v) is 8.32. The Bertz CT molecular complexity index is 348. The Labute approximate surface area is 86.0 Å². The second kappa shape index (κ2) is 4.72. The van der Waals surface area contributed by atoms with Crippen molar-refractivity contribution in [2.24, 2.45) is 0 Å². The van der Waals surface area contributed by atoms with Crippen LogP contribution in [0.4, 0.5) is 10.5 Å². The standard InChI is InChI=1S/C9H9ClNO3/c1-2-11(13)7-3-5-8(6-4-7)14-9(10)12/h3-6H,2H2,1H3/q+1. The van der Waals surface area contributed by atoms with E-state index in [1.807, 2.05) is 0 Å².